The molecular formula is C29H49NO4. The van der Waals surface area contributed by atoms with Crippen molar-refractivity contribution >= 4 is 0 Å². The monoisotopic (exact) mass is 475 g/mol. The van der Waals surface area contributed by atoms with Crippen LogP contribution in [0.25, 0.3) is 0 Å². The number of hydrogen-bond donors (Lipinski definition) is 1. The van der Waals surface area contributed by atoms with E-state index < -0.39 is 5.60 Å². The number of rotatable bonds is 6. The van der Waals surface area contributed by atoms with Crippen molar-refractivity contribution in [2.75, 3.05) is 39.5 Å². The highest BCUT2D eigenvalue weighted by Crippen LogP contribution is 2.68. The molecule has 34 heavy (non-hydrogen) atoms. The largest absolute Gasteiger partial charge is 0.389 e. The zero-order chi connectivity index (χ0) is 23.4. The van der Waals surface area contributed by atoms with Crippen LogP contribution in [0, 0.1) is 34.5 Å². The lowest BCUT2D eigenvalue weighted by atomic mass is 9.43. The molecule has 0 aromatic heterocycles. The zero-order valence-corrected chi connectivity index (χ0v) is 21.8. The highest BCUT2D eigenvalue weighted by Gasteiger charge is 2.65. The molecule has 194 valence electrons. The molecule has 4 saturated carbocycles. The standard InChI is InChI=1S/C29H49NO4/c1-27-10-5-11-29(27,31)24-8-7-21-19-25(32-16-6-15-30-13-3-4-14-30)22(26-33-17-18-34-26)20-28(21,2)23(24)9-12-27/h21-26,31H,3-20H2,1-2H3/t21-,22?,23+,24-,25-,27+,28+,29+/m1/s1. The Labute approximate surface area is 207 Å². The van der Waals surface area contributed by atoms with Gasteiger partial charge in [0.1, 0.15) is 0 Å². The average molecular weight is 476 g/mol. The molecule has 5 heteroatoms. The zero-order valence-electron chi connectivity index (χ0n) is 21.8. The molecule has 1 N–H and O–H groups in total. The molecule has 0 aromatic carbocycles. The number of nitrogens with zero attached hydrogens (tertiary/aromatic N) is 1. The van der Waals surface area contributed by atoms with E-state index in [1.807, 2.05) is 0 Å². The summed E-state index contributed by atoms with van der Waals surface area (Å²) in [6.45, 7) is 11.0. The maximum Gasteiger partial charge on any atom is 0.163 e. The van der Waals surface area contributed by atoms with Gasteiger partial charge in [-0.3, -0.25) is 0 Å². The SMILES string of the molecule is C[C@]12CC(C3OCCO3)[C@H](OCCCN3CCCC3)C[C@H]1CC[C@@H]1[C@@H]2CC[C@]2(C)CCC[C@]12O. The molecule has 6 rings (SSSR count). The van der Waals surface area contributed by atoms with E-state index in [1.54, 1.807) is 0 Å². The lowest BCUT2D eigenvalue weighted by Gasteiger charge is -2.64. The van der Waals surface area contributed by atoms with Crippen LogP contribution in [0.5, 0.6) is 0 Å². The van der Waals surface area contributed by atoms with Crippen LogP contribution in [0.15, 0.2) is 0 Å². The summed E-state index contributed by atoms with van der Waals surface area (Å²) in [4.78, 5) is 2.59. The van der Waals surface area contributed by atoms with Gasteiger partial charge in [-0.1, -0.05) is 13.8 Å². The Balaban J connectivity index is 1.17. The molecule has 0 amide bonds. The van der Waals surface area contributed by atoms with E-state index in [9.17, 15) is 5.11 Å². The van der Waals surface area contributed by atoms with Gasteiger partial charge in [0.2, 0.25) is 0 Å². The predicted molar refractivity (Wildman–Crippen MR) is 132 cm³/mol. The molecule has 0 radical (unpaired) electrons. The van der Waals surface area contributed by atoms with Crippen molar-refractivity contribution in [1.82, 2.24) is 4.90 Å². The van der Waals surface area contributed by atoms with Crippen LogP contribution in [-0.2, 0) is 14.2 Å². The second-order valence-electron chi connectivity index (χ2n) is 13.4. The van der Waals surface area contributed by atoms with Gasteiger partial charge in [-0.05, 0) is 119 Å². The maximum absolute atomic E-state index is 12.1. The molecule has 5 nitrogen and oxygen atoms in total. The molecule has 2 saturated heterocycles. The molecule has 0 aromatic rings. The Morgan fingerprint density at radius 3 is 2.53 bits per heavy atom. The molecular weight excluding hydrogens is 426 g/mol. The van der Waals surface area contributed by atoms with Crippen LogP contribution in [-0.4, -0.2) is 67.5 Å². The Hall–Kier alpha value is -0.200. The third-order valence-corrected chi connectivity index (χ3v) is 11.9. The van der Waals surface area contributed by atoms with Crippen LogP contribution >= 0.6 is 0 Å². The van der Waals surface area contributed by atoms with Gasteiger partial charge < -0.3 is 24.2 Å². The van der Waals surface area contributed by atoms with E-state index >= 15 is 0 Å². The maximum atomic E-state index is 12.1. The van der Waals surface area contributed by atoms with E-state index in [4.69, 9.17) is 14.2 Å². The quantitative estimate of drug-likeness (QED) is 0.548. The number of hydrogen-bond acceptors (Lipinski definition) is 5. The van der Waals surface area contributed by atoms with Gasteiger partial charge in [-0.25, -0.2) is 0 Å². The van der Waals surface area contributed by atoms with Crippen molar-refractivity contribution in [2.45, 2.75) is 109 Å². The van der Waals surface area contributed by atoms with Gasteiger partial charge in [0.15, 0.2) is 6.29 Å². The van der Waals surface area contributed by atoms with Crippen molar-refractivity contribution in [3.05, 3.63) is 0 Å². The Kier molecular flexibility index (Phi) is 6.59. The summed E-state index contributed by atoms with van der Waals surface area (Å²) in [5.74, 6) is 2.12. The summed E-state index contributed by atoms with van der Waals surface area (Å²) in [7, 11) is 0. The molecule has 1 unspecified atom stereocenters. The minimum atomic E-state index is -0.442. The van der Waals surface area contributed by atoms with Crippen molar-refractivity contribution < 1.29 is 19.3 Å². The van der Waals surface area contributed by atoms with E-state index in [0.29, 0.717) is 36.9 Å². The van der Waals surface area contributed by atoms with Crippen LogP contribution in [0.4, 0.5) is 0 Å². The first-order valence-corrected chi connectivity index (χ1v) is 14.7. The number of likely N-dealkylation sites (tertiary alicyclic amines) is 1. The second kappa shape index (κ2) is 9.28. The lowest BCUT2D eigenvalue weighted by Crippen LogP contribution is -2.62. The third kappa shape index (κ3) is 3.91. The first-order valence-electron chi connectivity index (χ1n) is 14.7. The fraction of sp³-hybridized carbons (Fsp3) is 1.00. The average Bonchev–Trinajstić information content (AvgIpc) is 3.58. The molecule has 0 bridgehead atoms. The number of ether oxygens (including phenoxy) is 3. The summed E-state index contributed by atoms with van der Waals surface area (Å²) in [5.41, 5.74) is -0.0370. The Bertz CT molecular complexity index is 721. The molecule has 2 aliphatic heterocycles. The first kappa shape index (κ1) is 24.2. The minimum Gasteiger partial charge on any atom is -0.389 e. The smallest absolute Gasteiger partial charge is 0.163 e. The topological polar surface area (TPSA) is 51.2 Å². The van der Waals surface area contributed by atoms with Crippen LogP contribution in [0.2, 0.25) is 0 Å². The Morgan fingerprint density at radius 2 is 1.74 bits per heavy atom. The lowest BCUT2D eigenvalue weighted by molar-refractivity contribution is -0.229. The van der Waals surface area contributed by atoms with Crippen molar-refractivity contribution in [2.24, 2.45) is 34.5 Å². The third-order valence-electron chi connectivity index (χ3n) is 11.9. The molecule has 0 spiro atoms. The summed E-state index contributed by atoms with van der Waals surface area (Å²) in [6, 6.07) is 0. The van der Waals surface area contributed by atoms with Crippen LogP contribution in [0.1, 0.15) is 90.9 Å². The molecule has 8 atom stereocenters. The molecule has 2 heterocycles. The van der Waals surface area contributed by atoms with Gasteiger partial charge in [-0.15, -0.1) is 0 Å². The highest BCUT2D eigenvalue weighted by molar-refractivity contribution is 5.15. The van der Waals surface area contributed by atoms with Gasteiger partial charge in [0.25, 0.3) is 0 Å². The van der Waals surface area contributed by atoms with Crippen molar-refractivity contribution in [3.63, 3.8) is 0 Å². The molecule has 4 aliphatic carbocycles. The summed E-state index contributed by atoms with van der Waals surface area (Å²) < 4.78 is 18.9. The predicted octanol–water partition coefficient (Wildman–Crippen LogP) is 5.00. The molecule has 6 fully saturated rings. The number of fused-ring (bicyclic) bond motifs is 5. The number of aliphatic hydroxyl groups is 1. The summed E-state index contributed by atoms with van der Waals surface area (Å²) in [5, 5.41) is 12.1. The highest BCUT2D eigenvalue weighted by atomic mass is 16.7. The van der Waals surface area contributed by atoms with E-state index in [2.05, 4.69) is 18.7 Å². The van der Waals surface area contributed by atoms with Crippen molar-refractivity contribution in [3.8, 4) is 0 Å². The van der Waals surface area contributed by atoms with E-state index in [1.165, 1.54) is 71.0 Å². The fourth-order valence-electron chi connectivity index (χ4n) is 9.91. The first-order chi connectivity index (χ1) is 16.4. The van der Waals surface area contributed by atoms with Crippen LogP contribution in [0.3, 0.4) is 0 Å². The summed E-state index contributed by atoms with van der Waals surface area (Å²) in [6.07, 6.45) is 14.7. The van der Waals surface area contributed by atoms with Crippen molar-refractivity contribution in [1.29, 1.82) is 0 Å². The normalized spacial score (nSPS) is 49.7. The second-order valence-corrected chi connectivity index (χ2v) is 13.4. The summed E-state index contributed by atoms with van der Waals surface area (Å²) >= 11 is 0. The fourth-order valence-corrected chi connectivity index (χ4v) is 9.91. The van der Waals surface area contributed by atoms with Gasteiger partial charge >= 0.3 is 0 Å². The van der Waals surface area contributed by atoms with E-state index in [0.717, 1.165) is 32.3 Å². The van der Waals surface area contributed by atoms with Gasteiger partial charge in [0, 0.05) is 19.1 Å². The van der Waals surface area contributed by atoms with Gasteiger partial charge in [0.05, 0.1) is 24.9 Å². The van der Waals surface area contributed by atoms with Gasteiger partial charge in [-0.2, -0.15) is 0 Å². The van der Waals surface area contributed by atoms with Crippen LogP contribution < -0.4 is 0 Å². The Morgan fingerprint density at radius 1 is 0.941 bits per heavy atom. The minimum absolute atomic E-state index is 0.106. The van der Waals surface area contributed by atoms with E-state index in [-0.39, 0.29) is 23.2 Å². The molecule has 6 aliphatic rings.